The van der Waals surface area contributed by atoms with Crippen LogP contribution in [0.25, 0.3) is 0 Å². The third kappa shape index (κ3) is 2.64. The van der Waals surface area contributed by atoms with Crippen LogP contribution < -0.4 is 15.5 Å². The second-order valence-corrected chi connectivity index (χ2v) is 6.26. The van der Waals surface area contributed by atoms with Crippen molar-refractivity contribution >= 4 is 28.6 Å². The number of likely N-dealkylation sites (N-methyl/N-ethyl adjacent to an activating group) is 1. The van der Waals surface area contributed by atoms with Gasteiger partial charge in [-0.05, 0) is 26.1 Å². The summed E-state index contributed by atoms with van der Waals surface area (Å²) in [5.41, 5.74) is 4.02. The molecule has 0 saturated heterocycles. The molecule has 0 radical (unpaired) electrons. The molecule has 0 fully saturated rings. The van der Waals surface area contributed by atoms with Crippen molar-refractivity contribution in [3.8, 4) is 0 Å². The minimum atomic E-state index is -0.249. The third-order valence-corrected chi connectivity index (χ3v) is 4.49. The Bertz CT molecular complexity index is 682. The van der Waals surface area contributed by atoms with Crippen LogP contribution in [0.4, 0.5) is 11.4 Å². The maximum atomic E-state index is 11.8. The number of fused-ring (bicyclic) bond motifs is 1. The van der Waals surface area contributed by atoms with E-state index in [0.29, 0.717) is 0 Å². The highest BCUT2D eigenvalue weighted by Crippen LogP contribution is 2.33. The van der Waals surface area contributed by atoms with Crippen molar-refractivity contribution in [3.63, 3.8) is 0 Å². The summed E-state index contributed by atoms with van der Waals surface area (Å²) in [6.45, 7) is 2.77. The number of benzene rings is 1. The lowest BCUT2D eigenvalue weighted by Crippen LogP contribution is -2.23. The number of nitrogens with zero attached hydrogens (tertiary/aromatic N) is 2. The molecule has 0 aliphatic carbocycles. The Morgan fingerprint density at radius 2 is 2.29 bits per heavy atom. The van der Waals surface area contributed by atoms with Gasteiger partial charge in [0.15, 0.2) is 0 Å². The van der Waals surface area contributed by atoms with E-state index in [0.717, 1.165) is 34.2 Å². The number of carbonyl (C=O) groups excluding carboxylic acids is 1. The number of aromatic nitrogens is 1. The third-order valence-electron chi connectivity index (χ3n) is 3.66. The summed E-state index contributed by atoms with van der Waals surface area (Å²) in [4.78, 5) is 18.5. The molecule has 2 heterocycles. The predicted molar refractivity (Wildman–Crippen MR) is 85.8 cm³/mol. The number of aryl methyl sites for hydroxylation is 1. The molecule has 3 rings (SSSR count). The van der Waals surface area contributed by atoms with Crippen molar-refractivity contribution in [1.82, 2.24) is 10.3 Å². The van der Waals surface area contributed by atoms with Gasteiger partial charge < -0.3 is 15.5 Å². The summed E-state index contributed by atoms with van der Waals surface area (Å²) in [7, 11) is 3.83. The van der Waals surface area contributed by atoms with E-state index in [1.807, 2.05) is 32.2 Å². The maximum Gasteiger partial charge on any atom is 0.246 e. The number of anilines is 2. The fourth-order valence-corrected chi connectivity index (χ4v) is 3.19. The lowest BCUT2D eigenvalue weighted by atomic mass is 10.1. The van der Waals surface area contributed by atoms with Crippen molar-refractivity contribution in [2.45, 2.75) is 19.5 Å². The lowest BCUT2D eigenvalue weighted by molar-refractivity contribution is -0.117. The van der Waals surface area contributed by atoms with Gasteiger partial charge in [0.2, 0.25) is 5.91 Å². The number of thiazole rings is 1. The van der Waals surface area contributed by atoms with E-state index in [9.17, 15) is 4.79 Å². The standard InChI is InChI=1S/C15H18N4OS/c1-9-17-10(8-21-9)7-19(3)11-4-5-12-13(6-11)18-15(20)14(12)16-2/h4-6,8,14,16H,7H2,1-3H3,(H,18,20). The SMILES string of the molecule is CNC1C(=O)Nc2cc(N(C)Cc3csc(C)n3)ccc21. The van der Waals surface area contributed by atoms with E-state index in [1.165, 1.54) is 0 Å². The maximum absolute atomic E-state index is 11.8. The van der Waals surface area contributed by atoms with Crippen LogP contribution in [0.3, 0.4) is 0 Å². The first-order chi connectivity index (χ1) is 10.1. The molecule has 5 nitrogen and oxygen atoms in total. The monoisotopic (exact) mass is 302 g/mol. The van der Waals surface area contributed by atoms with Gasteiger partial charge in [-0.25, -0.2) is 4.98 Å². The van der Waals surface area contributed by atoms with E-state index in [-0.39, 0.29) is 11.9 Å². The van der Waals surface area contributed by atoms with Gasteiger partial charge in [0.05, 0.1) is 17.2 Å². The number of rotatable bonds is 4. The number of nitrogens with one attached hydrogen (secondary N) is 2. The molecule has 6 heteroatoms. The van der Waals surface area contributed by atoms with Gasteiger partial charge in [-0.3, -0.25) is 4.79 Å². The van der Waals surface area contributed by atoms with E-state index < -0.39 is 0 Å². The summed E-state index contributed by atoms with van der Waals surface area (Å²) < 4.78 is 0. The van der Waals surface area contributed by atoms with Crippen molar-refractivity contribution < 1.29 is 4.79 Å². The number of amides is 1. The summed E-state index contributed by atoms with van der Waals surface area (Å²) >= 11 is 1.66. The molecular weight excluding hydrogens is 284 g/mol. The smallest absolute Gasteiger partial charge is 0.246 e. The second-order valence-electron chi connectivity index (χ2n) is 5.20. The summed E-state index contributed by atoms with van der Waals surface area (Å²) in [6, 6.07) is 5.82. The molecule has 1 aromatic carbocycles. The topological polar surface area (TPSA) is 57.3 Å². The van der Waals surface area contributed by atoms with Gasteiger partial charge in [0, 0.05) is 29.4 Å². The van der Waals surface area contributed by atoms with Gasteiger partial charge >= 0.3 is 0 Å². The fourth-order valence-electron chi connectivity index (χ4n) is 2.59. The largest absolute Gasteiger partial charge is 0.369 e. The molecular formula is C15H18N4OS. The number of hydrogen-bond acceptors (Lipinski definition) is 5. The molecule has 1 aliphatic heterocycles. The van der Waals surface area contributed by atoms with E-state index >= 15 is 0 Å². The zero-order chi connectivity index (χ0) is 15.0. The van der Waals surface area contributed by atoms with Gasteiger partial charge in [0.1, 0.15) is 6.04 Å². The fraction of sp³-hybridized carbons (Fsp3) is 0.333. The Kier molecular flexibility index (Phi) is 3.65. The normalized spacial score (nSPS) is 16.7. The summed E-state index contributed by atoms with van der Waals surface area (Å²) in [5.74, 6) is 0.00225. The highest BCUT2D eigenvalue weighted by molar-refractivity contribution is 7.09. The van der Waals surface area contributed by atoms with E-state index in [2.05, 4.69) is 25.9 Å². The Balaban J connectivity index is 1.81. The second kappa shape index (κ2) is 5.46. The first kappa shape index (κ1) is 14.0. The molecule has 1 aromatic heterocycles. The van der Waals surface area contributed by atoms with Crippen LogP contribution >= 0.6 is 11.3 Å². The number of carbonyl (C=O) groups is 1. The molecule has 1 aliphatic rings. The zero-order valence-corrected chi connectivity index (χ0v) is 13.1. The molecule has 0 saturated carbocycles. The Morgan fingerprint density at radius 1 is 1.48 bits per heavy atom. The number of hydrogen-bond donors (Lipinski definition) is 2. The molecule has 2 N–H and O–H groups in total. The Morgan fingerprint density at radius 3 is 2.95 bits per heavy atom. The van der Waals surface area contributed by atoms with Gasteiger partial charge in [-0.15, -0.1) is 11.3 Å². The van der Waals surface area contributed by atoms with Crippen LogP contribution in [0.15, 0.2) is 23.6 Å². The molecule has 1 amide bonds. The van der Waals surface area contributed by atoms with Crippen LogP contribution in [0.1, 0.15) is 22.3 Å². The molecule has 0 spiro atoms. The van der Waals surface area contributed by atoms with Crippen LogP contribution in [-0.4, -0.2) is 25.0 Å². The molecule has 110 valence electrons. The highest BCUT2D eigenvalue weighted by Gasteiger charge is 2.29. The first-order valence-electron chi connectivity index (χ1n) is 6.82. The van der Waals surface area contributed by atoms with Crippen LogP contribution in [-0.2, 0) is 11.3 Å². The van der Waals surface area contributed by atoms with Crippen molar-refractivity contribution in [2.75, 3.05) is 24.3 Å². The molecule has 1 atom stereocenters. The van der Waals surface area contributed by atoms with Crippen molar-refractivity contribution in [2.24, 2.45) is 0 Å². The van der Waals surface area contributed by atoms with Crippen molar-refractivity contribution in [3.05, 3.63) is 39.8 Å². The van der Waals surface area contributed by atoms with Gasteiger partial charge in [0.25, 0.3) is 0 Å². The lowest BCUT2D eigenvalue weighted by Gasteiger charge is -2.19. The van der Waals surface area contributed by atoms with Gasteiger partial charge in [-0.1, -0.05) is 6.07 Å². The van der Waals surface area contributed by atoms with E-state index in [4.69, 9.17) is 0 Å². The quantitative estimate of drug-likeness (QED) is 0.910. The van der Waals surface area contributed by atoms with Gasteiger partial charge in [-0.2, -0.15) is 0 Å². The van der Waals surface area contributed by atoms with Crippen LogP contribution in [0.5, 0.6) is 0 Å². The average Bonchev–Trinajstić information content (AvgIpc) is 3.00. The first-order valence-corrected chi connectivity index (χ1v) is 7.70. The van der Waals surface area contributed by atoms with Crippen LogP contribution in [0, 0.1) is 6.92 Å². The molecule has 0 bridgehead atoms. The molecule has 2 aromatic rings. The summed E-state index contributed by atoms with van der Waals surface area (Å²) in [6.07, 6.45) is 0. The molecule has 21 heavy (non-hydrogen) atoms. The van der Waals surface area contributed by atoms with E-state index in [1.54, 1.807) is 18.4 Å². The zero-order valence-electron chi connectivity index (χ0n) is 12.3. The Hall–Kier alpha value is -1.92. The highest BCUT2D eigenvalue weighted by atomic mass is 32.1. The molecule has 1 unspecified atom stereocenters. The predicted octanol–water partition coefficient (Wildman–Crippen LogP) is 2.30. The minimum Gasteiger partial charge on any atom is -0.369 e. The summed E-state index contributed by atoms with van der Waals surface area (Å²) in [5, 5.41) is 9.11. The van der Waals surface area contributed by atoms with Crippen molar-refractivity contribution in [1.29, 1.82) is 0 Å². The van der Waals surface area contributed by atoms with Crippen LogP contribution in [0.2, 0.25) is 0 Å². The average molecular weight is 302 g/mol. The minimum absolute atomic E-state index is 0.00225. The Labute approximate surface area is 128 Å².